The first kappa shape index (κ1) is 15.1. The van der Waals surface area contributed by atoms with Gasteiger partial charge in [-0.15, -0.1) is 0 Å². The third-order valence-electron chi connectivity index (χ3n) is 6.86. The van der Waals surface area contributed by atoms with Crippen molar-refractivity contribution in [3.05, 3.63) is 47.9 Å². The van der Waals surface area contributed by atoms with Crippen molar-refractivity contribution in [2.45, 2.75) is 37.4 Å². The van der Waals surface area contributed by atoms with Crippen LogP contribution >= 0.6 is 0 Å². The number of nitrogens with zero attached hydrogens (tertiary/aromatic N) is 2. The third kappa shape index (κ3) is 2.23. The lowest BCUT2D eigenvalue weighted by atomic mass is 9.75. The minimum Gasteiger partial charge on any atom is -0.468 e. The highest BCUT2D eigenvalue weighted by Gasteiger charge is 2.53. The van der Waals surface area contributed by atoms with Crippen LogP contribution in [0.25, 0.3) is 0 Å². The van der Waals surface area contributed by atoms with E-state index in [-0.39, 0.29) is 0 Å². The van der Waals surface area contributed by atoms with Crippen LogP contribution in [0.4, 0.5) is 0 Å². The zero-order valence-electron chi connectivity index (χ0n) is 14.8. The fraction of sp³-hybridized carbons (Fsp3) is 0.524. The molecule has 0 aliphatic carbocycles. The number of rotatable bonds is 3. The molecule has 5 aliphatic rings. The maximum absolute atomic E-state index is 5.66. The van der Waals surface area contributed by atoms with E-state index in [0.717, 1.165) is 36.3 Å². The van der Waals surface area contributed by atoms with E-state index in [4.69, 9.17) is 13.9 Å². The van der Waals surface area contributed by atoms with E-state index in [2.05, 4.69) is 34.1 Å². The number of piperidine rings is 3. The van der Waals surface area contributed by atoms with Gasteiger partial charge in [-0.2, -0.15) is 0 Å². The summed E-state index contributed by atoms with van der Waals surface area (Å²) in [7, 11) is 0. The van der Waals surface area contributed by atoms with Gasteiger partial charge in [-0.05, 0) is 61.7 Å². The predicted molar refractivity (Wildman–Crippen MR) is 96.3 cm³/mol. The van der Waals surface area contributed by atoms with Crippen molar-refractivity contribution in [2.24, 2.45) is 5.92 Å². The monoisotopic (exact) mass is 352 g/mol. The van der Waals surface area contributed by atoms with Crippen LogP contribution in [0.1, 0.15) is 30.1 Å². The average Bonchev–Trinajstić information content (AvgIpc) is 3.43. The molecule has 0 radical (unpaired) electrons. The molecule has 0 amide bonds. The third-order valence-corrected chi connectivity index (χ3v) is 6.86. The Balaban J connectivity index is 1.36. The summed E-state index contributed by atoms with van der Waals surface area (Å²) in [6.07, 6.45) is 4.46. The first-order valence-corrected chi connectivity index (χ1v) is 9.77. The molecule has 5 nitrogen and oxygen atoms in total. The van der Waals surface area contributed by atoms with Gasteiger partial charge in [0.2, 0.25) is 6.79 Å². The van der Waals surface area contributed by atoms with Crippen molar-refractivity contribution in [2.75, 3.05) is 26.4 Å². The Morgan fingerprint density at radius 1 is 1.00 bits per heavy atom. The van der Waals surface area contributed by atoms with Gasteiger partial charge >= 0.3 is 0 Å². The molecule has 3 atom stereocenters. The van der Waals surface area contributed by atoms with Gasteiger partial charge in [0.25, 0.3) is 0 Å². The number of fused-ring (bicyclic) bond motifs is 3. The summed E-state index contributed by atoms with van der Waals surface area (Å²) in [6, 6.07) is 11.9. The molecule has 2 bridgehead atoms. The number of hydrogen-bond donors (Lipinski definition) is 0. The summed E-state index contributed by atoms with van der Waals surface area (Å²) in [6.45, 7) is 4.85. The molecule has 2 aromatic rings. The van der Waals surface area contributed by atoms with Gasteiger partial charge in [0.15, 0.2) is 11.5 Å². The van der Waals surface area contributed by atoms with Crippen LogP contribution in [0.3, 0.4) is 0 Å². The standard InChI is InChI=1S/C21H24N2O3/c1-2-16(24-9-1)11-23-12-17(15-3-4-18-19(10-15)26-13-25-18)21-20(23)14-5-7-22(21)8-6-14/h1-4,9-10,14,17,20-21H,5-8,11-13H2/t17-,20+,21+/m0/s1. The number of furan rings is 1. The number of benzene rings is 1. The minimum absolute atomic E-state index is 0.342. The summed E-state index contributed by atoms with van der Waals surface area (Å²) in [4.78, 5) is 5.41. The molecule has 26 heavy (non-hydrogen) atoms. The number of ether oxygens (including phenoxy) is 2. The molecule has 0 N–H and O–H groups in total. The fourth-order valence-electron chi connectivity index (χ4n) is 5.76. The molecular weight excluding hydrogens is 328 g/mol. The van der Waals surface area contributed by atoms with E-state index in [9.17, 15) is 0 Å². The van der Waals surface area contributed by atoms with Crippen LogP contribution in [-0.4, -0.2) is 48.3 Å². The second-order valence-corrected chi connectivity index (χ2v) is 8.08. The maximum atomic E-state index is 5.66. The second kappa shape index (κ2) is 5.76. The Bertz CT molecular complexity index is 798. The van der Waals surface area contributed by atoms with Crippen LogP contribution in [-0.2, 0) is 6.54 Å². The molecule has 136 valence electrons. The summed E-state index contributed by atoms with van der Waals surface area (Å²) in [5, 5.41) is 0. The SMILES string of the molecule is c1coc(CN2C[C@@H](c3ccc4c(c3)OCO4)[C@@H]3[C@H]2C2CCN3CC2)c1. The summed E-state index contributed by atoms with van der Waals surface area (Å²) in [5.41, 5.74) is 1.39. The largest absolute Gasteiger partial charge is 0.468 e. The number of likely N-dealkylation sites (tertiary alicyclic amines) is 1. The zero-order chi connectivity index (χ0) is 17.1. The molecule has 7 rings (SSSR count). The molecule has 6 heterocycles. The fourth-order valence-corrected chi connectivity index (χ4v) is 5.76. The molecule has 1 aromatic carbocycles. The summed E-state index contributed by atoms with van der Waals surface area (Å²) in [5.74, 6) is 4.19. The lowest BCUT2D eigenvalue weighted by Gasteiger charge is -2.51. The maximum Gasteiger partial charge on any atom is 0.231 e. The van der Waals surface area contributed by atoms with E-state index in [1.165, 1.54) is 31.5 Å². The highest BCUT2D eigenvalue weighted by Crippen LogP contribution is 2.48. The quantitative estimate of drug-likeness (QED) is 0.849. The first-order valence-electron chi connectivity index (χ1n) is 9.77. The minimum atomic E-state index is 0.342. The van der Waals surface area contributed by atoms with Gasteiger partial charge in [-0.3, -0.25) is 9.80 Å². The van der Waals surface area contributed by atoms with Crippen molar-refractivity contribution in [1.82, 2.24) is 9.80 Å². The molecular formula is C21H24N2O3. The van der Waals surface area contributed by atoms with Gasteiger partial charge in [-0.1, -0.05) is 6.07 Å². The summed E-state index contributed by atoms with van der Waals surface area (Å²) < 4.78 is 16.8. The van der Waals surface area contributed by atoms with Crippen LogP contribution in [0, 0.1) is 5.92 Å². The van der Waals surface area contributed by atoms with Gasteiger partial charge in [0.1, 0.15) is 5.76 Å². The van der Waals surface area contributed by atoms with Crippen molar-refractivity contribution >= 4 is 0 Å². The van der Waals surface area contributed by atoms with Crippen LogP contribution in [0.5, 0.6) is 11.5 Å². The molecule has 5 aliphatic heterocycles. The van der Waals surface area contributed by atoms with Crippen molar-refractivity contribution in [1.29, 1.82) is 0 Å². The lowest BCUT2D eigenvalue weighted by Crippen LogP contribution is -2.59. The van der Waals surface area contributed by atoms with E-state index in [1.807, 2.05) is 6.07 Å². The highest BCUT2D eigenvalue weighted by molar-refractivity contribution is 5.46. The Labute approximate surface area is 153 Å². The lowest BCUT2D eigenvalue weighted by molar-refractivity contribution is -0.0102. The Morgan fingerprint density at radius 3 is 2.73 bits per heavy atom. The Morgan fingerprint density at radius 2 is 1.88 bits per heavy atom. The zero-order valence-corrected chi connectivity index (χ0v) is 14.8. The molecule has 4 fully saturated rings. The molecule has 0 spiro atoms. The predicted octanol–water partition coefficient (Wildman–Crippen LogP) is 3.07. The van der Waals surface area contributed by atoms with Gasteiger partial charge in [-0.25, -0.2) is 0 Å². The molecule has 5 heteroatoms. The Kier molecular flexibility index (Phi) is 3.35. The van der Waals surface area contributed by atoms with Gasteiger partial charge < -0.3 is 13.9 Å². The Hall–Kier alpha value is -1.98. The topological polar surface area (TPSA) is 38.1 Å². The van der Waals surface area contributed by atoms with E-state index in [1.54, 1.807) is 6.26 Å². The first-order chi connectivity index (χ1) is 12.9. The van der Waals surface area contributed by atoms with Crippen molar-refractivity contribution in [3.63, 3.8) is 0 Å². The molecule has 4 saturated heterocycles. The highest BCUT2D eigenvalue weighted by atomic mass is 16.7. The molecule has 0 unspecified atom stereocenters. The molecule has 1 aromatic heterocycles. The molecule has 0 saturated carbocycles. The second-order valence-electron chi connectivity index (χ2n) is 8.08. The summed E-state index contributed by atoms with van der Waals surface area (Å²) >= 11 is 0. The van der Waals surface area contributed by atoms with Gasteiger partial charge in [0, 0.05) is 24.5 Å². The van der Waals surface area contributed by atoms with Crippen LogP contribution in [0.2, 0.25) is 0 Å². The number of hydrogen-bond acceptors (Lipinski definition) is 5. The van der Waals surface area contributed by atoms with Crippen LogP contribution < -0.4 is 9.47 Å². The van der Waals surface area contributed by atoms with Crippen molar-refractivity contribution < 1.29 is 13.9 Å². The normalized spacial score (nSPS) is 35.0. The van der Waals surface area contributed by atoms with E-state index >= 15 is 0 Å². The van der Waals surface area contributed by atoms with Crippen LogP contribution in [0.15, 0.2) is 41.0 Å². The smallest absolute Gasteiger partial charge is 0.231 e. The van der Waals surface area contributed by atoms with Gasteiger partial charge in [0.05, 0.1) is 12.8 Å². The average molecular weight is 352 g/mol. The van der Waals surface area contributed by atoms with Crippen molar-refractivity contribution in [3.8, 4) is 11.5 Å². The van der Waals surface area contributed by atoms with E-state index in [0.29, 0.717) is 24.8 Å². The van der Waals surface area contributed by atoms with E-state index < -0.39 is 0 Å².